The van der Waals surface area contributed by atoms with Crippen molar-refractivity contribution in [3.05, 3.63) is 83.7 Å². The van der Waals surface area contributed by atoms with Gasteiger partial charge in [0.25, 0.3) is 5.91 Å². The Morgan fingerprint density at radius 3 is 2.46 bits per heavy atom. The summed E-state index contributed by atoms with van der Waals surface area (Å²) in [6.07, 6.45) is 8.08. The first-order valence-electron chi connectivity index (χ1n) is 12.3. The van der Waals surface area contributed by atoms with Gasteiger partial charge in [-0.05, 0) is 47.4 Å². The van der Waals surface area contributed by atoms with Crippen LogP contribution < -0.4 is 5.32 Å². The molecule has 3 N–H and O–H groups in total. The molecule has 5 rings (SSSR count). The van der Waals surface area contributed by atoms with Crippen molar-refractivity contribution in [2.45, 2.75) is 44.9 Å². The van der Waals surface area contributed by atoms with E-state index in [1.165, 1.54) is 37.8 Å². The van der Waals surface area contributed by atoms with Gasteiger partial charge in [0, 0.05) is 16.9 Å². The predicted octanol–water partition coefficient (Wildman–Crippen LogP) is 6.69. The molecular weight excluding hydrogens is 438 g/mol. The lowest BCUT2D eigenvalue weighted by Crippen LogP contribution is -2.16. The van der Waals surface area contributed by atoms with E-state index in [1.54, 1.807) is 12.1 Å². The van der Waals surface area contributed by atoms with Crippen LogP contribution in [0.25, 0.3) is 22.2 Å². The smallest absolute Gasteiger partial charge is 0.335 e. The van der Waals surface area contributed by atoms with E-state index in [0.29, 0.717) is 23.1 Å². The number of amides is 1. The van der Waals surface area contributed by atoms with Crippen LogP contribution in [0.1, 0.15) is 65.1 Å². The largest absolute Gasteiger partial charge is 0.478 e. The number of aromatic amines is 1. The number of anilines is 1. The number of rotatable bonds is 6. The molecule has 0 atom stereocenters. The number of carbonyl (C=O) groups excluding carboxylic acids is 1. The van der Waals surface area contributed by atoms with Gasteiger partial charge in [-0.2, -0.15) is 0 Å². The van der Waals surface area contributed by atoms with Crippen molar-refractivity contribution in [1.82, 2.24) is 9.97 Å². The highest BCUT2D eigenvalue weighted by atomic mass is 16.4. The lowest BCUT2D eigenvalue weighted by Gasteiger charge is -2.13. The van der Waals surface area contributed by atoms with Crippen molar-refractivity contribution >= 4 is 28.3 Å². The lowest BCUT2D eigenvalue weighted by atomic mass is 9.94. The molecule has 0 aliphatic heterocycles. The van der Waals surface area contributed by atoms with Crippen molar-refractivity contribution in [2.75, 3.05) is 5.32 Å². The Morgan fingerprint density at radius 1 is 0.914 bits per heavy atom. The second kappa shape index (κ2) is 10.1. The highest BCUT2D eigenvalue weighted by molar-refractivity contribution is 6.04. The summed E-state index contributed by atoms with van der Waals surface area (Å²) in [5.41, 5.74) is 2.70. The van der Waals surface area contributed by atoms with Gasteiger partial charge in [0.2, 0.25) is 0 Å². The number of carboxylic acids is 1. The van der Waals surface area contributed by atoms with Crippen molar-refractivity contribution in [3.8, 4) is 11.4 Å². The Labute approximate surface area is 204 Å². The highest BCUT2D eigenvalue weighted by Gasteiger charge is 2.23. The van der Waals surface area contributed by atoms with E-state index < -0.39 is 5.97 Å². The van der Waals surface area contributed by atoms with Crippen LogP contribution in [0.4, 0.5) is 5.69 Å². The summed E-state index contributed by atoms with van der Waals surface area (Å²) in [5, 5.41) is 14.4. The average molecular weight is 468 g/mol. The van der Waals surface area contributed by atoms with Gasteiger partial charge in [-0.3, -0.25) is 4.79 Å². The van der Waals surface area contributed by atoms with Crippen LogP contribution in [0.5, 0.6) is 0 Å². The molecule has 0 radical (unpaired) electrons. The molecular formula is C29H29N3O3. The lowest BCUT2D eigenvalue weighted by molar-refractivity contribution is 0.0696. The molecule has 0 bridgehead atoms. The monoisotopic (exact) mass is 467 g/mol. The van der Waals surface area contributed by atoms with Crippen LogP contribution in [0.3, 0.4) is 0 Å². The molecule has 1 aliphatic rings. The van der Waals surface area contributed by atoms with Gasteiger partial charge in [0.15, 0.2) is 0 Å². The number of H-pyrrole nitrogens is 1. The summed E-state index contributed by atoms with van der Waals surface area (Å²) in [7, 11) is 0. The summed E-state index contributed by atoms with van der Waals surface area (Å²) in [5.74, 6) is -0.180. The Hall–Kier alpha value is -3.93. The predicted molar refractivity (Wildman–Crippen MR) is 138 cm³/mol. The van der Waals surface area contributed by atoms with Crippen LogP contribution in [0, 0.1) is 5.92 Å². The third-order valence-corrected chi connectivity index (χ3v) is 6.85. The number of fused-ring (bicyclic) bond motifs is 1. The first-order valence-corrected chi connectivity index (χ1v) is 12.3. The number of nitrogens with one attached hydrogen (secondary N) is 2. The minimum atomic E-state index is -1.03. The van der Waals surface area contributed by atoms with Gasteiger partial charge in [-0.15, -0.1) is 0 Å². The molecule has 6 nitrogen and oxygen atoms in total. The Morgan fingerprint density at radius 2 is 1.69 bits per heavy atom. The maximum Gasteiger partial charge on any atom is 0.335 e. The molecule has 0 saturated heterocycles. The molecule has 3 aromatic carbocycles. The Kier molecular flexibility index (Phi) is 6.62. The van der Waals surface area contributed by atoms with E-state index in [4.69, 9.17) is 4.98 Å². The maximum absolute atomic E-state index is 13.3. The Bertz CT molecular complexity index is 1370. The molecule has 1 saturated carbocycles. The molecule has 4 aromatic rings. The zero-order valence-corrected chi connectivity index (χ0v) is 19.6. The summed E-state index contributed by atoms with van der Waals surface area (Å²) >= 11 is 0. The SMILES string of the molecule is O=C(O)c1cccc(NC(=O)c2nc(-c3ccc4ccccc4c3)[nH]c2CC2CCCCCC2)c1. The van der Waals surface area contributed by atoms with Gasteiger partial charge < -0.3 is 15.4 Å². The van der Waals surface area contributed by atoms with E-state index in [0.717, 1.165) is 41.3 Å². The molecule has 1 fully saturated rings. The molecule has 1 amide bonds. The van der Waals surface area contributed by atoms with Crippen LogP contribution >= 0.6 is 0 Å². The van der Waals surface area contributed by atoms with Gasteiger partial charge in [0.05, 0.1) is 5.56 Å². The van der Waals surface area contributed by atoms with E-state index in [2.05, 4.69) is 34.6 Å². The van der Waals surface area contributed by atoms with Gasteiger partial charge in [-0.25, -0.2) is 9.78 Å². The van der Waals surface area contributed by atoms with E-state index in [-0.39, 0.29) is 11.5 Å². The third-order valence-electron chi connectivity index (χ3n) is 6.85. The molecule has 1 heterocycles. The molecule has 178 valence electrons. The number of carbonyl (C=O) groups is 2. The van der Waals surface area contributed by atoms with Crippen LogP contribution in [0.2, 0.25) is 0 Å². The van der Waals surface area contributed by atoms with Crippen molar-refractivity contribution in [3.63, 3.8) is 0 Å². The minimum absolute atomic E-state index is 0.125. The number of hydrogen-bond donors (Lipinski definition) is 3. The molecule has 1 aromatic heterocycles. The fraction of sp³-hybridized carbons (Fsp3) is 0.276. The van der Waals surface area contributed by atoms with Crippen molar-refractivity contribution in [1.29, 1.82) is 0 Å². The quantitative estimate of drug-likeness (QED) is 0.275. The molecule has 35 heavy (non-hydrogen) atoms. The fourth-order valence-electron chi connectivity index (χ4n) is 5.00. The summed E-state index contributed by atoms with van der Waals surface area (Å²) in [6, 6.07) is 20.6. The second-order valence-electron chi connectivity index (χ2n) is 9.38. The average Bonchev–Trinajstić information content (AvgIpc) is 3.12. The zero-order chi connectivity index (χ0) is 24.2. The first-order chi connectivity index (χ1) is 17.1. The number of nitrogens with zero attached hydrogens (tertiary/aromatic N) is 1. The van der Waals surface area contributed by atoms with Gasteiger partial charge >= 0.3 is 5.97 Å². The summed E-state index contributed by atoms with van der Waals surface area (Å²) < 4.78 is 0. The number of benzene rings is 3. The van der Waals surface area contributed by atoms with Gasteiger partial charge in [-0.1, -0.05) is 81.0 Å². The number of hydrogen-bond acceptors (Lipinski definition) is 3. The van der Waals surface area contributed by atoms with Crippen molar-refractivity contribution in [2.24, 2.45) is 5.92 Å². The zero-order valence-electron chi connectivity index (χ0n) is 19.6. The van der Waals surface area contributed by atoms with E-state index in [1.807, 2.05) is 18.2 Å². The van der Waals surface area contributed by atoms with Crippen LogP contribution in [-0.4, -0.2) is 27.0 Å². The highest BCUT2D eigenvalue weighted by Crippen LogP contribution is 2.29. The standard InChI is InChI=1S/C29H29N3O3/c33-28(30-24-13-7-12-23(18-24)29(34)35)26-25(16-19-8-3-1-2-4-9-19)31-27(32-26)22-15-14-20-10-5-6-11-21(20)17-22/h5-7,10-15,17-19H,1-4,8-9,16H2,(H,30,33)(H,31,32)(H,34,35). The number of imidazole rings is 1. The Balaban J connectivity index is 1.48. The summed E-state index contributed by atoms with van der Waals surface area (Å²) in [4.78, 5) is 32.9. The number of aromatic carboxylic acids is 1. The normalized spacial score (nSPS) is 14.5. The van der Waals surface area contributed by atoms with E-state index in [9.17, 15) is 14.7 Å². The number of aromatic nitrogens is 2. The van der Waals surface area contributed by atoms with Gasteiger partial charge in [0.1, 0.15) is 11.5 Å². The topological polar surface area (TPSA) is 95.1 Å². The molecule has 6 heteroatoms. The molecule has 0 spiro atoms. The van der Waals surface area contributed by atoms with Crippen LogP contribution in [0.15, 0.2) is 66.7 Å². The fourth-order valence-corrected chi connectivity index (χ4v) is 5.00. The molecule has 1 aliphatic carbocycles. The minimum Gasteiger partial charge on any atom is -0.478 e. The number of carboxylic acid groups (broad SMARTS) is 1. The first kappa shape index (κ1) is 22.8. The van der Waals surface area contributed by atoms with E-state index >= 15 is 0 Å². The van der Waals surface area contributed by atoms with Crippen LogP contribution in [-0.2, 0) is 6.42 Å². The second-order valence-corrected chi connectivity index (χ2v) is 9.38. The molecule has 0 unspecified atom stereocenters. The summed E-state index contributed by atoms with van der Waals surface area (Å²) in [6.45, 7) is 0. The maximum atomic E-state index is 13.3. The third kappa shape index (κ3) is 5.27. The van der Waals surface area contributed by atoms with Crippen molar-refractivity contribution < 1.29 is 14.7 Å².